The van der Waals surface area contributed by atoms with Crippen molar-refractivity contribution in [1.29, 1.82) is 0 Å². The summed E-state index contributed by atoms with van der Waals surface area (Å²) in [7, 11) is 0. The molecule has 0 heterocycles. The average molecular weight is 227 g/mol. The summed E-state index contributed by atoms with van der Waals surface area (Å²) in [5.41, 5.74) is 1.98. The molecule has 82 valence electrons. The Hall–Kier alpha value is -1.02. The maximum absolute atomic E-state index is 10.8. The van der Waals surface area contributed by atoms with Crippen molar-refractivity contribution in [2.75, 3.05) is 0 Å². The number of carboxylic acids is 1. The molecule has 3 heteroatoms. The van der Waals surface area contributed by atoms with Gasteiger partial charge in [0, 0.05) is 5.02 Å². The standard InChI is InChI=1S/C12H15ClO2/c1-7-4-5-10(6-11(7)13)8(2)9(3)12(14)15/h4-6,8-9H,1-3H3,(H,14,15). The van der Waals surface area contributed by atoms with E-state index in [0.717, 1.165) is 11.1 Å². The Kier molecular flexibility index (Phi) is 3.75. The van der Waals surface area contributed by atoms with Crippen LogP contribution >= 0.6 is 11.6 Å². The first-order chi connectivity index (χ1) is 6.93. The van der Waals surface area contributed by atoms with E-state index in [1.807, 2.05) is 32.0 Å². The van der Waals surface area contributed by atoms with Crippen molar-refractivity contribution in [3.05, 3.63) is 34.3 Å². The summed E-state index contributed by atoms with van der Waals surface area (Å²) in [5.74, 6) is -1.21. The lowest BCUT2D eigenvalue weighted by atomic mass is 9.89. The molecule has 0 spiro atoms. The van der Waals surface area contributed by atoms with E-state index < -0.39 is 11.9 Å². The molecule has 2 nitrogen and oxygen atoms in total. The van der Waals surface area contributed by atoms with Gasteiger partial charge in [-0.3, -0.25) is 4.79 Å². The normalized spacial score (nSPS) is 14.7. The minimum Gasteiger partial charge on any atom is -0.481 e. The van der Waals surface area contributed by atoms with Gasteiger partial charge < -0.3 is 5.11 Å². The average Bonchev–Trinajstić information content (AvgIpc) is 2.19. The maximum Gasteiger partial charge on any atom is 0.306 e. The van der Waals surface area contributed by atoms with Crippen LogP contribution in [0.1, 0.15) is 30.9 Å². The Labute approximate surface area is 94.9 Å². The number of rotatable bonds is 3. The zero-order chi connectivity index (χ0) is 11.6. The van der Waals surface area contributed by atoms with Gasteiger partial charge in [0.2, 0.25) is 0 Å². The van der Waals surface area contributed by atoms with E-state index in [4.69, 9.17) is 16.7 Å². The molecule has 0 aromatic heterocycles. The monoisotopic (exact) mass is 226 g/mol. The lowest BCUT2D eigenvalue weighted by molar-refractivity contribution is -0.141. The lowest BCUT2D eigenvalue weighted by Gasteiger charge is -2.17. The highest BCUT2D eigenvalue weighted by Crippen LogP contribution is 2.27. The van der Waals surface area contributed by atoms with Crippen LogP contribution in [-0.2, 0) is 4.79 Å². The molecular weight excluding hydrogens is 212 g/mol. The summed E-state index contributed by atoms with van der Waals surface area (Å²) in [5, 5.41) is 9.60. The van der Waals surface area contributed by atoms with E-state index in [-0.39, 0.29) is 5.92 Å². The van der Waals surface area contributed by atoms with Crippen LogP contribution in [0.3, 0.4) is 0 Å². The van der Waals surface area contributed by atoms with E-state index in [0.29, 0.717) is 5.02 Å². The number of benzene rings is 1. The van der Waals surface area contributed by atoms with E-state index >= 15 is 0 Å². The van der Waals surface area contributed by atoms with Crippen LogP contribution in [-0.4, -0.2) is 11.1 Å². The molecule has 0 aliphatic rings. The third-order valence-corrected chi connectivity index (χ3v) is 3.27. The van der Waals surface area contributed by atoms with Crippen LogP contribution in [0.25, 0.3) is 0 Å². The highest BCUT2D eigenvalue weighted by molar-refractivity contribution is 6.31. The van der Waals surface area contributed by atoms with Crippen molar-refractivity contribution in [3.8, 4) is 0 Å². The predicted molar refractivity (Wildman–Crippen MR) is 61.4 cm³/mol. The first-order valence-corrected chi connectivity index (χ1v) is 5.30. The van der Waals surface area contributed by atoms with Crippen molar-refractivity contribution in [3.63, 3.8) is 0 Å². The Balaban J connectivity index is 2.96. The second kappa shape index (κ2) is 4.67. The molecule has 15 heavy (non-hydrogen) atoms. The number of carboxylic acid groups (broad SMARTS) is 1. The van der Waals surface area contributed by atoms with E-state index in [1.54, 1.807) is 6.92 Å². The Morgan fingerprint density at radius 3 is 2.47 bits per heavy atom. The number of hydrogen-bond donors (Lipinski definition) is 1. The fourth-order valence-electron chi connectivity index (χ4n) is 1.39. The van der Waals surface area contributed by atoms with Gasteiger partial charge in [-0.25, -0.2) is 0 Å². The minimum absolute atomic E-state index is 0.0272. The van der Waals surface area contributed by atoms with Crippen LogP contribution < -0.4 is 0 Å². The van der Waals surface area contributed by atoms with Gasteiger partial charge in [0.05, 0.1) is 5.92 Å². The predicted octanol–water partition coefficient (Wildman–Crippen LogP) is 3.47. The molecule has 0 amide bonds. The molecule has 0 aliphatic carbocycles. The minimum atomic E-state index is -0.779. The quantitative estimate of drug-likeness (QED) is 0.857. The molecule has 0 aliphatic heterocycles. The van der Waals surface area contributed by atoms with Gasteiger partial charge in [-0.05, 0) is 30.0 Å². The third-order valence-electron chi connectivity index (χ3n) is 2.86. The van der Waals surface area contributed by atoms with Crippen molar-refractivity contribution in [2.24, 2.45) is 5.92 Å². The van der Waals surface area contributed by atoms with Gasteiger partial charge in [0.15, 0.2) is 0 Å². The van der Waals surface area contributed by atoms with Gasteiger partial charge in [0.1, 0.15) is 0 Å². The van der Waals surface area contributed by atoms with E-state index in [1.165, 1.54) is 0 Å². The summed E-state index contributed by atoms with van der Waals surface area (Å²) in [4.78, 5) is 10.8. The SMILES string of the molecule is Cc1ccc(C(C)C(C)C(=O)O)cc1Cl. The van der Waals surface area contributed by atoms with Gasteiger partial charge in [-0.2, -0.15) is 0 Å². The van der Waals surface area contributed by atoms with Crippen molar-refractivity contribution in [1.82, 2.24) is 0 Å². The van der Waals surface area contributed by atoms with Crippen molar-refractivity contribution < 1.29 is 9.90 Å². The Morgan fingerprint density at radius 1 is 1.40 bits per heavy atom. The zero-order valence-electron chi connectivity index (χ0n) is 9.12. The number of halogens is 1. The van der Waals surface area contributed by atoms with Gasteiger partial charge >= 0.3 is 5.97 Å². The molecule has 1 N–H and O–H groups in total. The molecular formula is C12H15ClO2. The molecule has 0 fully saturated rings. The van der Waals surface area contributed by atoms with Gasteiger partial charge in [-0.1, -0.05) is 37.6 Å². The zero-order valence-corrected chi connectivity index (χ0v) is 9.88. The van der Waals surface area contributed by atoms with Crippen LogP contribution in [0, 0.1) is 12.8 Å². The molecule has 0 bridgehead atoms. The van der Waals surface area contributed by atoms with Gasteiger partial charge in [-0.15, -0.1) is 0 Å². The van der Waals surface area contributed by atoms with Crippen molar-refractivity contribution >= 4 is 17.6 Å². The van der Waals surface area contributed by atoms with E-state index in [2.05, 4.69) is 0 Å². The van der Waals surface area contributed by atoms with Crippen LogP contribution in [0.2, 0.25) is 5.02 Å². The summed E-state index contributed by atoms with van der Waals surface area (Å²) >= 11 is 5.99. The molecule has 2 atom stereocenters. The lowest BCUT2D eigenvalue weighted by Crippen LogP contribution is -2.16. The molecule has 0 saturated carbocycles. The molecule has 0 saturated heterocycles. The van der Waals surface area contributed by atoms with Crippen LogP contribution in [0.4, 0.5) is 0 Å². The maximum atomic E-state index is 10.8. The molecule has 1 aromatic carbocycles. The van der Waals surface area contributed by atoms with Crippen molar-refractivity contribution in [2.45, 2.75) is 26.7 Å². The van der Waals surface area contributed by atoms with Crippen LogP contribution in [0.5, 0.6) is 0 Å². The molecule has 1 rings (SSSR count). The molecule has 0 radical (unpaired) electrons. The first-order valence-electron chi connectivity index (χ1n) is 4.92. The van der Waals surface area contributed by atoms with Crippen LogP contribution in [0.15, 0.2) is 18.2 Å². The third kappa shape index (κ3) is 2.72. The summed E-state index contributed by atoms with van der Waals surface area (Å²) < 4.78 is 0. The molecule has 1 aromatic rings. The summed E-state index contributed by atoms with van der Waals surface area (Å²) in [6, 6.07) is 5.70. The summed E-state index contributed by atoms with van der Waals surface area (Å²) in [6.45, 7) is 5.54. The van der Waals surface area contributed by atoms with E-state index in [9.17, 15) is 4.79 Å². The number of aliphatic carboxylic acids is 1. The fourth-order valence-corrected chi connectivity index (χ4v) is 1.58. The summed E-state index contributed by atoms with van der Waals surface area (Å²) in [6.07, 6.45) is 0. The highest BCUT2D eigenvalue weighted by atomic mass is 35.5. The number of aryl methyl sites for hydroxylation is 1. The molecule has 2 unspecified atom stereocenters. The number of hydrogen-bond acceptors (Lipinski definition) is 1. The topological polar surface area (TPSA) is 37.3 Å². The highest BCUT2D eigenvalue weighted by Gasteiger charge is 2.21. The second-order valence-electron chi connectivity index (χ2n) is 3.92. The second-order valence-corrected chi connectivity index (χ2v) is 4.33. The number of carbonyl (C=O) groups is 1. The van der Waals surface area contributed by atoms with Gasteiger partial charge in [0.25, 0.3) is 0 Å². The largest absolute Gasteiger partial charge is 0.481 e. The Bertz CT molecular complexity index is 374. The Morgan fingerprint density at radius 2 is 2.00 bits per heavy atom. The first kappa shape index (κ1) is 12.1. The fraction of sp³-hybridized carbons (Fsp3) is 0.417. The smallest absolute Gasteiger partial charge is 0.306 e.